The van der Waals surface area contributed by atoms with Gasteiger partial charge in [-0.1, -0.05) is 24.3 Å². The van der Waals surface area contributed by atoms with Gasteiger partial charge in [0.25, 0.3) is 5.56 Å². The number of carbonyl (C=O) groups is 1. The van der Waals surface area contributed by atoms with E-state index in [0.29, 0.717) is 22.5 Å². The predicted molar refractivity (Wildman–Crippen MR) is 125 cm³/mol. The fraction of sp³-hybridized carbons (Fsp3) is 0.208. The number of benzene rings is 2. The molecule has 0 aliphatic rings. The lowest BCUT2D eigenvalue weighted by Gasteiger charge is -2.09. The van der Waals surface area contributed by atoms with Gasteiger partial charge in [-0.25, -0.2) is 4.98 Å². The monoisotopic (exact) mass is 433 g/mol. The molecule has 0 aliphatic heterocycles. The molecular formula is C24H23N3O3S. The van der Waals surface area contributed by atoms with Crippen LogP contribution < -0.4 is 15.6 Å². The van der Waals surface area contributed by atoms with Crippen LogP contribution in [-0.2, 0) is 11.3 Å². The smallest absolute Gasteiger partial charge is 0.263 e. The van der Waals surface area contributed by atoms with Crippen LogP contribution in [0.1, 0.15) is 17.4 Å². The molecule has 158 valence electrons. The minimum Gasteiger partial charge on any atom is -0.494 e. The zero-order valence-corrected chi connectivity index (χ0v) is 18.5. The first-order chi connectivity index (χ1) is 15.0. The summed E-state index contributed by atoms with van der Waals surface area (Å²) in [5.41, 5.74) is 3.31. The third-order valence-corrected chi connectivity index (χ3v) is 5.94. The van der Waals surface area contributed by atoms with Crippen molar-refractivity contribution in [2.24, 2.45) is 0 Å². The van der Waals surface area contributed by atoms with Crippen LogP contribution in [0.2, 0.25) is 0 Å². The van der Waals surface area contributed by atoms with Crippen LogP contribution in [0.5, 0.6) is 5.75 Å². The summed E-state index contributed by atoms with van der Waals surface area (Å²) in [7, 11) is 0. The molecule has 0 saturated carbocycles. The van der Waals surface area contributed by atoms with Crippen LogP contribution in [-0.4, -0.2) is 22.1 Å². The molecule has 2 aromatic heterocycles. The number of aromatic nitrogens is 2. The maximum Gasteiger partial charge on any atom is 0.263 e. The average molecular weight is 434 g/mol. The van der Waals surface area contributed by atoms with E-state index < -0.39 is 0 Å². The summed E-state index contributed by atoms with van der Waals surface area (Å²) in [4.78, 5) is 31.9. The Bertz CT molecular complexity index is 1310. The van der Waals surface area contributed by atoms with E-state index in [1.54, 1.807) is 0 Å². The second kappa shape index (κ2) is 8.73. The number of aryl methyl sites for hydroxylation is 2. The fourth-order valence-corrected chi connectivity index (χ4v) is 4.56. The quantitative estimate of drug-likeness (QED) is 0.475. The summed E-state index contributed by atoms with van der Waals surface area (Å²) in [5, 5.41) is 3.38. The number of nitrogens with zero attached hydrogens (tertiary/aromatic N) is 2. The van der Waals surface area contributed by atoms with E-state index in [-0.39, 0.29) is 18.0 Å². The lowest BCUT2D eigenvalue weighted by atomic mass is 10.0. The number of fused-ring (bicyclic) bond motifs is 1. The number of carbonyl (C=O) groups excluding carboxylic acids is 1. The number of rotatable bonds is 6. The van der Waals surface area contributed by atoms with Gasteiger partial charge in [0, 0.05) is 16.1 Å². The highest BCUT2D eigenvalue weighted by atomic mass is 32.1. The minimum absolute atomic E-state index is 0.104. The van der Waals surface area contributed by atoms with E-state index in [2.05, 4.69) is 10.3 Å². The van der Waals surface area contributed by atoms with Crippen LogP contribution >= 0.6 is 11.3 Å². The van der Waals surface area contributed by atoms with Crippen molar-refractivity contribution in [1.29, 1.82) is 0 Å². The van der Waals surface area contributed by atoms with E-state index in [1.165, 1.54) is 22.2 Å². The summed E-state index contributed by atoms with van der Waals surface area (Å²) >= 11 is 1.48. The Morgan fingerprint density at radius 2 is 1.94 bits per heavy atom. The number of thiophene rings is 1. The molecule has 2 heterocycles. The molecule has 0 radical (unpaired) electrons. The molecule has 6 nitrogen and oxygen atoms in total. The Labute approximate surface area is 184 Å². The Morgan fingerprint density at radius 3 is 2.65 bits per heavy atom. The lowest BCUT2D eigenvalue weighted by Crippen LogP contribution is -2.27. The second-order valence-electron chi connectivity index (χ2n) is 7.27. The van der Waals surface area contributed by atoms with Crippen molar-refractivity contribution in [1.82, 2.24) is 9.55 Å². The normalized spacial score (nSPS) is 10.9. The van der Waals surface area contributed by atoms with E-state index >= 15 is 0 Å². The molecule has 0 saturated heterocycles. The van der Waals surface area contributed by atoms with Gasteiger partial charge in [-0.05, 0) is 56.2 Å². The molecule has 4 rings (SSSR count). The topological polar surface area (TPSA) is 73.2 Å². The number of ether oxygens (including phenoxy) is 1. The van der Waals surface area contributed by atoms with Gasteiger partial charge < -0.3 is 10.1 Å². The summed E-state index contributed by atoms with van der Waals surface area (Å²) in [6.45, 7) is 6.37. The van der Waals surface area contributed by atoms with E-state index in [1.807, 2.05) is 69.3 Å². The molecule has 4 aromatic rings. The lowest BCUT2D eigenvalue weighted by molar-refractivity contribution is -0.116. The molecule has 1 N–H and O–H groups in total. The van der Waals surface area contributed by atoms with Crippen molar-refractivity contribution in [2.75, 3.05) is 11.9 Å². The van der Waals surface area contributed by atoms with Crippen molar-refractivity contribution in [2.45, 2.75) is 27.3 Å². The van der Waals surface area contributed by atoms with E-state index in [9.17, 15) is 9.59 Å². The zero-order chi connectivity index (χ0) is 22.0. The minimum atomic E-state index is -0.275. The van der Waals surface area contributed by atoms with Gasteiger partial charge in [0.1, 0.15) is 17.1 Å². The number of hydrogen-bond acceptors (Lipinski definition) is 5. The highest BCUT2D eigenvalue weighted by molar-refractivity contribution is 7.19. The zero-order valence-electron chi connectivity index (χ0n) is 17.6. The van der Waals surface area contributed by atoms with Gasteiger partial charge in [-0.2, -0.15) is 0 Å². The van der Waals surface area contributed by atoms with Crippen LogP contribution in [0.25, 0.3) is 21.3 Å². The molecular weight excluding hydrogens is 410 g/mol. The SMILES string of the molecule is CCOc1ccc(-c2c(C)sc3ncn(CC(=O)Nc4cccc(C)c4)c(=O)c23)cc1. The van der Waals surface area contributed by atoms with Gasteiger partial charge in [-0.3, -0.25) is 14.2 Å². The predicted octanol–water partition coefficient (Wildman–Crippen LogP) is 4.78. The summed E-state index contributed by atoms with van der Waals surface area (Å²) in [6.07, 6.45) is 1.44. The third-order valence-electron chi connectivity index (χ3n) is 4.92. The van der Waals surface area contributed by atoms with Crippen molar-refractivity contribution in [3.63, 3.8) is 0 Å². The molecule has 7 heteroatoms. The van der Waals surface area contributed by atoms with Gasteiger partial charge >= 0.3 is 0 Å². The van der Waals surface area contributed by atoms with Crippen LogP contribution in [0.3, 0.4) is 0 Å². The van der Waals surface area contributed by atoms with Gasteiger partial charge in [0.2, 0.25) is 5.91 Å². The Hall–Kier alpha value is -3.45. The number of anilines is 1. The molecule has 0 fully saturated rings. The molecule has 2 aromatic carbocycles. The van der Waals surface area contributed by atoms with Gasteiger partial charge in [0.05, 0.1) is 18.3 Å². The van der Waals surface area contributed by atoms with Gasteiger partial charge in [-0.15, -0.1) is 11.3 Å². The van der Waals surface area contributed by atoms with E-state index in [4.69, 9.17) is 4.74 Å². The molecule has 0 unspecified atom stereocenters. The van der Waals surface area contributed by atoms with Crippen LogP contribution in [0.15, 0.2) is 59.7 Å². The summed E-state index contributed by atoms with van der Waals surface area (Å²) < 4.78 is 6.88. The van der Waals surface area contributed by atoms with Crippen LogP contribution in [0, 0.1) is 13.8 Å². The van der Waals surface area contributed by atoms with Gasteiger partial charge in [0.15, 0.2) is 0 Å². The molecule has 0 atom stereocenters. The molecule has 0 spiro atoms. The Balaban J connectivity index is 1.67. The third kappa shape index (κ3) is 4.36. The maximum atomic E-state index is 13.3. The first kappa shape index (κ1) is 20.8. The van der Waals surface area contributed by atoms with Crippen molar-refractivity contribution < 1.29 is 9.53 Å². The highest BCUT2D eigenvalue weighted by Gasteiger charge is 2.18. The largest absolute Gasteiger partial charge is 0.494 e. The molecule has 0 bridgehead atoms. The van der Waals surface area contributed by atoms with Crippen LogP contribution in [0.4, 0.5) is 5.69 Å². The average Bonchev–Trinajstić information content (AvgIpc) is 3.08. The fourth-order valence-electron chi connectivity index (χ4n) is 3.56. The second-order valence-corrected chi connectivity index (χ2v) is 8.47. The first-order valence-electron chi connectivity index (χ1n) is 10.0. The number of amides is 1. The maximum absolute atomic E-state index is 13.3. The standard InChI is InChI=1S/C24H23N3O3S/c1-4-30-19-10-8-17(9-11-19)21-16(3)31-23-22(21)24(29)27(14-25-23)13-20(28)26-18-7-5-6-15(2)12-18/h5-12,14H,4,13H2,1-3H3,(H,26,28). The van der Waals surface area contributed by atoms with E-state index in [0.717, 1.165) is 27.3 Å². The number of nitrogens with one attached hydrogen (secondary N) is 1. The Morgan fingerprint density at radius 1 is 1.16 bits per heavy atom. The molecule has 1 amide bonds. The van der Waals surface area contributed by atoms with Crippen molar-refractivity contribution in [3.8, 4) is 16.9 Å². The van der Waals surface area contributed by atoms with Crippen molar-refractivity contribution in [3.05, 3.63) is 75.7 Å². The first-order valence-corrected chi connectivity index (χ1v) is 10.9. The molecule has 0 aliphatic carbocycles. The molecule has 31 heavy (non-hydrogen) atoms. The Kier molecular flexibility index (Phi) is 5.86. The number of hydrogen-bond donors (Lipinski definition) is 1. The highest BCUT2D eigenvalue weighted by Crippen LogP contribution is 2.36. The van der Waals surface area contributed by atoms with Crippen molar-refractivity contribution >= 4 is 33.1 Å². The summed E-state index contributed by atoms with van der Waals surface area (Å²) in [5.74, 6) is 0.509. The summed E-state index contributed by atoms with van der Waals surface area (Å²) in [6, 6.07) is 15.2.